The van der Waals surface area contributed by atoms with Crippen LogP contribution in [0.5, 0.6) is 0 Å². The van der Waals surface area contributed by atoms with Crippen molar-refractivity contribution in [3.05, 3.63) is 45.9 Å². The van der Waals surface area contributed by atoms with Crippen molar-refractivity contribution in [2.75, 3.05) is 5.32 Å². The van der Waals surface area contributed by atoms with Crippen LogP contribution in [0.1, 0.15) is 22.5 Å². The van der Waals surface area contributed by atoms with Crippen molar-refractivity contribution >= 4 is 23.1 Å². The Morgan fingerprint density at radius 1 is 1.10 bits per heavy atom. The lowest BCUT2D eigenvalue weighted by molar-refractivity contribution is 1.13. The summed E-state index contributed by atoms with van der Waals surface area (Å²) in [5.41, 5.74) is 2.85. The fraction of sp³-hybridized carbons (Fsp3) is 0.143. The SMILES string of the molecule is Cc1ccc(Nc2nc(C#N)c(C#N)nc2Cl)c(C)c1. The van der Waals surface area contributed by atoms with Crippen LogP contribution in [0.4, 0.5) is 11.5 Å². The van der Waals surface area contributed by atoms with Gasteiger partial charge in [0.2, 0.25) is 0 Å². The molecule has 0 saturated heterocycles. The van der Waals surface area contributed by atoms with Gasteiger partial charge in [-0.25, -0.2) is 9.97 Å². The molecule has 1 aromatic heterocycles. The van der Waals surface area contributed by atoms with E-state index in [2.05, 4.69) is 15.3 Å². The lowest BCUT2D eigenvalue weighted by Gasteiger charge is -2.10. The summed E-state index contributed by atoms with van der Waals surface area (Å²) in [7, 11) is 0. The molecule has 0 radical (unpaired) electrons. The molecule has 0 aliphatic carbocycles. The zero-order valence-electron chi connectivity index (χ0n) is 10.9. The van der Waals surface area contributed by atoms with Crippen LogP contribution in [0.25, 0.3) is 0 Å². The number of anilines is 2. The number of rotatable bonds is 2. The van der Waals surface area contributed by atoms with Crippen molar-refractivity contribution in [1.82, 2.24) is 9.97 Å². The van der Waals surface area contributed by atoms with Gasteiger partial charge in [-0.1, -0.05) is 29.3 Å². The highest BCUT2D eigenvalue weighted by molar-refractivity contribution is 6.31. The maximum absolute atomic E-state index is 8.95. The second-order valence-electron chi connectivity index (χ2n) is 4.23. The standard InChI is InChI=1S/C14H10ClN5/c1-8-3-4-10(9(2)5-8)19-14-13(15)18-11(6-16)12(7-17)20-14/h3-5H,1-2H3,(H,19,20). The topological polar surface area (TPSA) is 85.4 Å². The fourth-order valence-corrected chi connectivity index (χ4v) is 1.91. The number of hydrogen-bond donors (Lipinski definition) is 1. The van der Waals surface area contributed by atoms with Gasteiger partial charge in [0.05, 0.1) is 0 Å². The average molecular weight is 284 g/mol. The second-order valence-corrected chi connectivity index (χ2v) is 4.59. The van der Waals surface area contributed by atoms with Crippen molar-refractivity contribution in [3.8, 4) is 12.1 Å². The molecule has 1 N–H and O–H groups in total. The van der Waals surface area contributed by atoms with Gasteiger partial charge in [0, 0.05) is 5.69 Å². The summed E-state index contributed by atoms with van der Waals surface area (Å²) in [6, 6.07) is 9.48. The molecule has 0 spiro atoms. The Bertz CT molecular complexity index is 755. The number of aryl methyl sites for hydroxylation is 2. The molecule has 1 heterocycles. The summed E-state index contributed by atoms with van der Waals surface area (Å²) in [6.07, 6.45) is 0. The molecular weight excluding hydrogens is 274 g/mol. The summed E-state index contributed by atoms with van der Waals surface area (Å²) in [5.74, 6) is 0.258. The van der Waals surface area contributed by atoms with Crippen molar-refractivity contribution in [1.29, 1.82) is 10.5 Å². The van der Waals surface area contributed by atoms with E-state index >= 15 is 0 Å². The van der Waals surface area contributed by atoms with E-state index < -0.39 is 0 Å². The summed E-state index contributed by atoms with van der Waals surface area (Å²) in [5, 5.41) is 20.9. The molecule has 2 rings (SSSR count). The van der Waals surface area contributed by atoms with Gasteiger partial charge in [-0.15, -0.1) is 0 Å². The zero-order chi connectivity index (χ0) is 14.7. The number of aromatic nitrogens is 2. The smallest absolute Gasteiger partial charge is 0.179 e. The molecule has 1 aromatic carbocycles. The quantitative estimate of drug-likeness (QED) is 0.914. The van der Waals surface area contributed by atoms with E-state index in [1.165, 1.54) is 0 Å². The second kappa shape index (κ2) is 5.56. The predicted molar refractivity (Wildman–Crippen MR) is 75.7 cm³/mol. The molecule has 5 nitrogen and oxygen atoms in total. The monoisotopic (exact) mass is 283 g/mol. The van der Waals surface area contributed by atoms with Crippen LogP contribution in [-0.2, 0) is 0 Å². The minimum atomic E-state index is -0.0799. The summed E-state index contributed by atoms with van der Waals surface area (Å²) in [4.78, 5) is 7.89. The van der Waals surface area contributed by atoms with E-state index in [-0.39, 0.29) is 22.4 Å². The first-order chi connectivity index (χ1) is 9.55. The van der Waals surface area contributed by atoms with Crippen molar-refractivity contribution in [2.45, 2.75) is 13.8 Å². The number of halogens is 1. The van der Waals surface area contributed by atoms with E-state index in [0.29, 0.717) is 0 Å². The zero-order valence-corrected chi connectivity index (χ0v) is 11.7. The highest BCUT2D eigenvalue weighted by Gasteiger charge is 2.12. The molecule has 0 saturated carbocycles. The van der Waals surface area contributed by atoms with Crippen LogP contribution in [-0.4, -0.2) is 9.97 Å². The first-order valence-electron chi connectivity index (χ1n) is 5.77. The van der Waals surface area contributed by atoms with E-state index in [1.54, 1.807) is 6.07 Å². The number of nitrogens with one attached hydrogen (secondary N) is 1. The molecule has 2 aromatic rings. The van der Waals surface area contributed by atoms with Gasteiger partial charge in [-0.05, 0) is 25.5 Å². The van der Waals surface area contributed by atoms with Crippen molar-refractivity contribution < 1.29 is 0 Å². The third kappa shape index (κ3) is 2.69. The minimum absolute atomic E-state index is 0.0517. The van der Waals surface area contributed by atoms with Gasteiger partial charge >= 0.3 is 0 Å². The van der Waals surface area contributed by atoms with Gasteiger partial charge in [0.1, 0.15) is 12.1 Å². The van der Waals surface area contributed by atoms with Gasteiger partial charge < -0.3 is 5.32 Å². The maximum Gasteiger partial charge on any atom is 0.179 e. The number of nitrogens with zero attached hydrogens (tertiary/aromatic N) is 4. The lowest BCUT2D eigenvalue weighted by atomic mass is 10.1. The van der Waals surface area contributed by atoms with Crippen molar-refractivity contribution in [3.63, 3.8) is 0 Å². The summed E-state index contributed by atoms with van der Waals surface area (Å²) < 4.78 is 0. The first-order valence-corrected chi connectivity index (χ1v) is 6.15. The highest BCUT2D eigenvalue weighted by atomic mass is 35.5. The van der Waals surface area contributed by atoms with Gasteiger partial charge in [0.25, 0.3) is 0 Å². The highest BCUT2D eigenvalue weighted by Crippen LogP contribution is 2.25. The maximum atomic E-state index is 8.95. The Hall–Kier alpha value is -2.63. The molecule has 0 bridgehead atoms. The normalized spacial score (nSPS) is 9.65. The van der Waals surface area contributed by atoms with Crippen LogP contribution < -0.4 is 5.32 Å². The minimum Gasteiger partial charge on any atom is -0.337 e. The molecular formula is C14H10ClN5. The molecule has 0 amide bonds. The predicted octanol–water partition coefficient (Wildman–Crippen LogP) is 3.23. The Balaban J connectivity index is 2.44. The van der Waals surface area contributed by atoms with Crippen molar-refractivity contribution in [2.24, 2.45) is 0 Å². The van der Waals surface area contributed by atoms with Gasteiger partial charge in [-0.2, -0.15) is 10.5 Å². The van der Waals surface area contributed by atoms with Gasteiger partial charge in [0.15, 0.2) is 22.4 Å². The van der Waals surface area contributed by atoms with Crippen LogP contribution >= 0.6 is 11.6 Å². The van der Waals surface area contributed by atoms with Crippen LogP contribution in [0.15, 0.2) is 18.2 Å². The van der Waals surface area contributed by atoms with Crippen LogP contribution in [0, 0.1) is 36.5 Å². The number of benzene rings is 1. The fourth-order valence-electron chi connectivity index (χ4n) is 1.73. The molecule has 98 valence electrons. The molecule has 0 aliphatic heterocycles. The lowest BCUT2D eigenvalue weighted by Crippen LogP contribution is -2.03. The molecule has 0 fully saturated rings. The average Bonchev–Trinajstić information content (AvgIpc) is 2.43. The Labute approximate surface area is 121 Å². The van der Waals surface area contributed by atoms with Crippen LogP contribution in [0.2, 0.25) is 5.15 Å². The Kier molecular flexibility index (Phi) is 3.84. The van der Waals surface area contributed by atoms with E-state index in [4.69, 9.17) is 22.1 Å². The van der Waals surface area contributed by atoms with E-state index in [1.807, 2.05) is 38.1 Å². The Morgan fingerprint density at radius 3 is 2.35 bits per heavy atom. The molecule has 0 atom stereocenters. The van der Waals surface area contributed by atoms with Gasteiger partial charge in [-0.3, -0.25) is 0 Å². The molecule has 6 heteroatoms. The number of hydrogen-bond acceptors (Lipinski definition) is 5. The molecule has 0 aliphatic rings. The van der Waals surface area contributed by atoms with E-state index in [9.17, 15) is 0 Å². The third-order valence-corrected chi connectivity index (χ3v) is 2.96. The van der Waals surface area contributed by atoms with Crippen LogP contribution in [0.3, 0.4) is 0 Å². The molecule has 0 unspecified atom stereocenters. The number of nitriles is 2. The Morgan fingerprint density at radius 2 is 1.75 bits per heavy atom. The molecule has 20 heavy (non-hydrogen) atoms. The summed E-state index contributed by atoms with van der Waals surface area (Å²) >= 11 is 5.97. The summed E-state index contributed by atoms with van der Waals surface area (Å²) in [6.45, 7) is 3.95. The largest absolute Gasteiger partial charge is 0.337 e. The third-order valence-electron chi connectivity index (χ3n) is 2.70. The van der Waals surface area contributed by atoms with E-state index in [0.717, 1.165) is 16.8 Å². The first kappa shape index (κ1) is 13.8.